The molecule has 0 radical (unpaired) electrons. The minimum absolute atomic E-state index is 0.0632. The molecular formula is C18H25N3O3. The van der Waals surface area contributed by atoms with Crippen molar-refractivity contribution in [3.05, 3.63) is 35.4 Å². The number of urea groups is 1. The molecule has 3 rings (SSSR count). The highest BCUT2D eigenvalue weighted by Crippen LogP contribution is 2.14. The van der Waals surface area contributed by atoms with Crippen molar-refractivity contribution in [2.75, 3.05) is 33.3 Å². The number of methoxy groups -OCH3 is 1. The van der Waals surface area contributed by atoms with Crippen LogP contribution in [0, 0.1) is 0 Å². The highest BCUT2D eigenvalue weighted by Gasteiger charge is 2.25. The van der Waals surface area contributed by atoms with Gasteiger partial charge in [-0.25, -0.2) is 4.79 Å². The van der Waals surface area contributed by atoms with Crippen LogP contribution in [0.3, 0.4) is 0 Å². The monoisotopic (exact) mass is 331 g/mol. The summed E-state index contributed by atoms with van der Waals surface area (Å²) in [5.74, 6) is 0.103. The first kappa shape index (κ1) is 16.8. The Morgan fingerprint density at radius 3 is 2.46 bits per heavy atom. The summed E-state index contributed by atoms with van der Waals surface area (Å²) in [6.45, 7) is 3.55. The lowest BCUT2D eigenvalue weighted by molar-refractivity contribution is 0.0793. The molecule has 6 heteroatoms. The molecule has 3 amide bonds. The van der Waals surface area contributed by atoms with Gasteiger partial charge in [0, 0.05) is 45.4 Å². The second-order valence-electron chi connectivity index (χ2n) is 6.45. The molecule has 2 heterocycles. The van der Waals surface area contributed by atoms with Gasteiger partial charge in [0.25, 0.3) is 5.91 Å². The zero-order valence-electron chi connectivity index (χ0n) is 14.2. The largest absolute Gasteiger partial charge is 0.380 e. The first-order valence-corrected chi connectivity index (χ1v) is 8.61. The van der Waals surface area contributed by atoms with Crippen LogP contribution in [0.4, 0.5) is 4.79 Å². The number of hydrogen-bond donors (Lipinski definition) is 1. The Morgan fingerprint density at radius 2 is 1.83 bits per heavy atom. The quantitative estimate of drug-likeness (QED) is 0.916. The molecule has 2 aliphatic rings. The van der Waals surface area contributed by atoms with Crippen LogP contribution in [0.5, 0.6) is 0 Å². The van der Waals surface area contributed by atoms with Crippen molar-refractivity contribution in [1.82, 2.24) is 15.1 Å². The average molecular weight is 331 g/mol. The summed E-state index contributed by atoms with van der Waals surface area (Å²) in [5.41, 5.74) is 1.71. The number of benzene rings is 1. The maximum Gasteiger partial charge on any atom is 0.317 e. The van der Waals surface area contributed by atoms with Crippen LogP contribution in [0.2, 0.25) is 0 Å². The number of hydrogen-bond acceptors (Lipinski definition) is 3. The van der Waals surface area contributed by atoms with Gasteiger partial charge in [-0.05, 0) is 37.0 Å². The van der Waals surface area contributed by atoms with E-state index in [9.17, 15) is 9.59 Å². The summed E-state index contributed by atoms with van der Waals surface area (Å²) in [7, 11) is 1.68. The summed E-state index contributed by atoms with van der Waals surface area (Å²) >= 11 is 0. The first-order chi connectivity index (χ1) is 11.7. The molecule has 2 saturated heterocycles. The van der Waals surface area contributed by atoms with Gasteiger partial charge in [0.2, 0.25) is 0 Å². The lowest BCUT2D eigenvalue weighted by Crippen LogP contribution is -2.38. The van der Waals surface area contributed by atoms with E-state index in [1.165, 1.54) is 0 Å². The smallest absolute Gasteiger partial charge is 0.317 e. The fourth-order valence-electron chi connectivity index (χ4n) is 3.26. The number of carbonyl (C=O) groups is 2. The van der Waals surface area contributed by atoms with Crippen molar-refractivity contribution in [1.29, 1.82) is 0 Å². The number of nitrogens with zero attached hydrogens (tertiary/aromatic N) is 2. The topological polar surface area (TPSA) is 61.9 Å². The molecule has 0 aromatic heterocycles. The van der Waals surface area contributed by atoms with E-state index in [4.69, 9.17) is 4.74 Å². The predicted octanol–water partition coefficient (Wildman–Crippen LogP) is 1.85. The first-order valence-electron chi connectivity index (χ1n) is 8.61. The van der Waals surface area contributed by atoms with Crippen molar-refractivity contribution < 1.29 is 14.3 Å². The van der Waals surface area contributed by atoms with E-state index in [0.717, 1.165) is 50.0 Å². The van der Waals surface area contributed by atoms with Gasteiger partial charge in [0.1, 0.15) is 0 Å². The van der Waals surface area contributed by atoms with E-state index in [1.54, 1.807) is 12.0 Å². The standard InChI is InChI=1S/C18H25N3O3/c1-24-16-8-11-21(13-16)18(23)19-12-14-4-6-15(7-5-14)17(22)20-9-2-3-10-20/h4-7,16H,2-3,8-13H2,1H3,(H,19,23)/t16-/m1/s1. The molecule has 6 nitrogen and oxygen atoms in total. The maximum atomic E-state index is 12.3. The van der Waals surface area contributed by atoms with Gasteiger partial charge in [-0.15, -0.1) is 0 Å². The number of likely N-dealkylation sites (tertiary alicyclic amines) is 2. The van der Waals surface area contributed by atoms with Gasteiger partial charge in [0.15, 0.2) is 0 Å². The Morgan fingerprint density at radius 1 is 1.12 bits per heavy atom. The fourth-order valence-corrected chi connectivity index (χ4v) is 3.26. The minimum Gasteiger partial charge on any atom is -0.380 e. The lowest BCUT2D eigenvalue weighted by atomic mass is 10.1. The summed E-state index contributed by atoms with van der Waals surface area (Å²) < 4.78 is 5.27. The molecule has 1 aromatic carbocycles. The van der Waals surface area contributed by atoms with Crippen LogP contribution in [0.25, 0.3) is 0 Å². The van der Waals surface area contributed by atoms with Crippen molar-refractivity contribution >= 4 is 11.9 Å². The molecule has 1 aromatic rings. The number of rotatable bonds is 4. The van der Waals surface area contributed by atoms with Gasteiger partial charge in [-0.3, -0.25) is 4.79 Å². The van der Waals surface area contributed by atoms with E-state index in [-0.39, 0.29) is 18.0 Å². The van der Waals surface area contributed by atoms with E-state index < -0.39 is 0 Å². The highest BCUT2D eigenvalue weighted by molar-refractivity contribution is 5.94. The predicted molar refractivity (Wildman–Crippen MR) is 90.8 cm³/mol. The average Bonchev–Trinajstić information content (AvgIpc) is 3.30. The van der Waals surface area contributed by atoms with Crippen LogP contribution >= 0.6 is 0 Å². The van der Waals surface area contributed by atoms with Crippen LogP contribution in [-0.4, -0.2) is 61.1 Å². The molecule has 0 bridgehead atoms. The second-order valence-corrected chi connectivity index (χ2v) is 6.45. The van der Waals surface area contributed by atoms with E-state index in [0.29, 0.717) is 13.1 Å². The van der Waals surface area contributed by atoms with Gasteiger partial charge in [-0.2, -0.15) is 0 Å². The van der Waals surface area contributed by atoms with Crippen LogP contribution in [0.1, 0.15) is 35.2 Å². The maximum absolute atomic E-state index is 12.3. The summed E-state index contributed by atoms with van der Waals surface area (Å²) in [5, 5.41) is 2.93. The van der Waals surface area contributed by atoms with Crippen molar-refractivity contribution in [3.8, 4) is 0 Å². The number of carbonyl (C=O) groups excluding carboxylic acids is 2. The Bertz CT molecular complexity index is 582. The minimum atomic E-state index is -0.0632. The van der Waals surface area contributed by atoms with Crippen LogP contribution < -0.4 is 5.32 Å². The Kier molecular flexibility index (Phi) is 5.35. The molecule has 1 atom stereocenters. The van der Waals surface area contributed by atoms with Crippen molar-refractivity contribution in [2.45, 2.75) is 31.9 Å². The van der Waals surface area contributed by atoms with Crippen LogP contribution in [0.15, 0.2) is 24.3 Å². The van der Waals surface area contributed by atoms with Crippen molar-refractivity contribution in [2.24, 2.45) is 0 Å². The SMILES string of the molecule is CO[C@@H]1CCN(C(=O)NCc2ccc(C(=O)N3CCCC3)cc2)C1. The Balaban J connectivity index is 1.49. The third-order valence-corrected chi connectivity index (χ3v) is 4.80. The highest BCUT2D eigenvalue weighted by atomic mass is 16.5. The molecule has 2 aliphatic heterocycles. The van der Waals surface area contributed by atoms with Gasteiger partial charge in [0.05, 0.1) is 6.10 Å². The molecule has 0 saturated carbocycles. The summed E-state index contributed by atoms with van der Waals surface area (Å²) in [6.07, 6.45) is 3.22. The Hall–Kier alpha value is -2.08. The lowest BCUT2D eigenvalue weighted by Gasteiger charge is -2.17. The van der Waals surface area contributed by atoms with Gasteiger partial charge < -0.3 is 19.9 Å². The summed E-state index contributed by atoms with van der Waals surface area (Å²) in [4.78, 5) is 28.1. The molecular weight excluding hydrogens is 306 g/mol. The number of ether oxygens (including phenoxy) is 1. The van der Waals surface area contributed by atoms with E-state index >= 15 is 0 Å². The molecule has 2 fully saturated rings. The molecule has 1 N–H and O–H groups in total. The third kappa shape index (κ3) is 3.87. The normalized spacial score (nSPS) is 20.5. The van der Waals surface area contributed by atoms with Crippen LogP contribution in [-0.2, 0) is 11.3 Å². The van der Waals surface area contributed by atoms with Crippen molar-refractivity contribution in [3.63, 3.8) is 0 Å². The zero-order chi connectivity index (χ0) is 16.9. The molecule has 24 heavy (non-hydrogen) atoms. The zero-order valence-corrected chi connectivity index (χ0v) is 14.2. The van der Waals surface area contributed by atoms with Gasteiger partial charge >= 0.3 is 6.03 Å². The van der Waals surface area contributed by atoms with E-state index in [2.05, 4.69) is 5.32 Å². The molecule has 0 spiro atoms. The van der Waals surface area contributed by atoms with Gasteiger partial charge in [-0.1, -0.05) is 12.1 Å². The fraction of sp³-hybridized carbons (Fsp3) is 0.556. The van der Waals surface area contributed by atoms with E-state index in [1.807, 2.05) is 29.2 Å². The third-order valence-electron chi connectivity index (χ3n) is 4.80. The molecule has 130 valence electrons. The number of nitrogens with one attached hydrogen (secondary N) is 1. The second kappa shape index (κ2) is 7.66. The summed E-state index contributed by atoms with van der Waals surface area (Å²) in [6, 6.07) is 7.45. The molecule has 0 unspecified atom stereocenters. The Labute approximate surface area is 142 Å². The number of amides is 3. The molecule has 0 aliphatic carbocycles.